The van der Waals surface area contributed by atoms with E-state index in [0.717, 1.165) is 49.9 Å². The van der Waals surface area contributed by atoms with Gasteiger partial charge in [-0.3, -0.25) is 24.2 Å². The van der Waals surface area contributed by atoms with Crippen molar-refractivity contribution in [2.75, 3.05) is 39.6 Å². The van der Waals surface area contributed by atoms with Gasteiger partial charge in [-0.25, -0.2) is 9.37 Å². The number of likely N-dealkylation sites (tertiary alicyclic amines) is 1. The molecule has 0 bridgehead atoms. The number of carbonyl (C=O) groups excluding carboxylic acids is 3. The molecule has 2 atom stereocenters. The van der Waals surface area contributed by atoms with Crippen molar-refractivity contribution in [3.8, 4) is 28.3 Å². The van der Waals surface area contributed by atoms with E-state index in [1.54, 1.807) is 45.2 Å². The van der Waals surface area contributed by atoms with Gasteiger partial charge in [0.1, 0.15) is 17.2 Å². The summed E-state index contributed by atoms with van der Waals surface area (Å²) in [5.74, 6) is -0.681. The molecule has 2 N–H and O–H groups in total. The first kappa shape index (κ1) is 37.0. The number of hydrogen-bond donors (Lipinski definition) is 2. The molecule has 1 aromatic heterocycles. The maximum atomic E-state index is 15.7. The number of ether oxygens (including phenoxy) is 1. The van der Waals surface area contributed by atoms with Crippen molar-refractivity contribution < 1.29 is 23.5 Å². The van der Waals surface area contributed by atoms with Crippen molar-refractivity contribution in [3.05, 3.63) is 88.1 Å². The van der Waals surface area contributed by atoms with Crippen LogP contribution in [0.25, 0.3) is 22.4 Å². The Morgan fingerprint density at radius 1 is 1.19 bits per heavy atom. The summed E-state index contributed by atoms with van der Waals surface area (Å²) in [6.45, 7) is 13.1. The van der Waals surface area contributed by atoms with Crippen molar-refractivity contribution in [1.82, 2.24) is 25.0 Å². The number of nitrogens with zero attached hydrogens (tertiary/aromatic N) is 4. The molecule has 12 heteroatoms. The van der Waals surface area contributed by atoms with Crippen LogP contribution in [-0.2, 0) is 20.8 Å². The van der Waals surface area contributed by atoms with E-state index in [2.05, 4.69) is 29.0 Å². The van der Waals surface area contributed by atoms with Gasteiger partial charge in [-0.15, -0.1) is 0 Å². The number of aryl methyl sites for hydroxylation is 1. The highest BCUT2D eigenvalue weighted by Crippen LogP contribution is 2.46. The number of halogens is 2. The Morgan fingerprint density at radius 2 is 1.92 bits per heavy atom. The highest BCUT2D eigenvalue weighted by atomic mass is 35.5. The molecule has 274 valence electrons. The molecule has 0 radical (unpaired) electrons. The van der Waals surface area contributed by atoms with Gasteiger partial charge in [0.25, 0.3) is 11.8 Å². The van der Waals surface area contributed by atoms with Crippen LogP contribution in [0.4, 0.5) is 10.1 Å². The zero-order chi connectivity index (χ0) is 37.6. The number of hydrogen-bond acceptors (Lipinski definition) is 7. The Bertz CT molecular complexity index is 2010. The molecule has 2 unspecified atom stereocenters. The maximum Gasteiger partial charge on any atom is 0.266 e. The first-order chi connectivity index (χ1) is 24.7. The van der Waals surface area contributed by atoms with Gasteiger partial charge in [-0.2, -0.15) is 0 Å². The summed E-state index contributed by atoms with van der Waals surface area (Å²) in [4.78, 5) is 49.1. The number of pyridine rings is 1. The number of amides is 3. The summed E-state index contributed by atoms with van der Waals surface area (Å²) in [7, 11) is 4.85. The first-order valence-corrected chi connectivity index (χ1v) is 18.0. The second kappa shape index (κ2) is 14.4. The number of rotatable bonds is 9. The second-order valence-electron chi connectivity index (χ2n) is 14.3. The molecule has 6 rings (SSSR count). The normalized spacial score (nSPS) is 20.3. The molecule has 1 fully saturated rings. The number of nitrogens with one attached hydrogen (secondary N) is 2. The van der Waals surface area contributed by atoms with Crippen LogP contribution in [0, 0.1) is 18.7 Å². The third kappa shape index (κ3) is 6.56. The van der Waals surface area contributed by atoms with E-state index in [9.17, 15) is 14.4 Å². The standard InChI is InChI=1S/C40H46ClFN6O4/c1-9-40(45-36(49)22(2)3)17-18-48(21-40)32-16-13-25-19-31(44-38(52-8)34(25)32)26-11-10-12-27(35(26)41)33-23(4)30(15-14-29(33)42)43-37(50)28-20-46(6)24(5)47(7)39(28)51/h10-12,14-15,19-20,22,32H,5,9,13,16-18,21H2,1-4,6-8H3,(H,43,50)(H,45,49). The number of methoxy groups -OCH3 is 1. The number of fused-ring (bicyclic) bond motifs is 1. The number of likely N-dealkylation sites (N-methyl/N-ethyl adjacent to an activating group) is 1. The van der Waals surface area contributed by atoms with E-state index in [1.807, 2.05) is 26.0 Å². The molecule has 0 spiro atoms. The lowest BCUT2D eigenvalue weighted by Crippen LogP contribution is -2.51. The maximum absolute atomic E-state index is 15.7. The van der Waals surface area contributed by atoms with Gasteiger partial charge >= 0.3 is 0 Å². The largest absolute Gasteiger partial charge is 0.481 e. The molecule has 0 saturated carbocycles. The van der Waals surface area contributed by atoms with E-state index in [1.165, 1.54) is 23.2 Å². The highest BCUT2D eigenvalue weighted by molar-refractivity contribution is 6.36. The van der Waals surface area contributed by atoms with Crippen LogP contribution >= 0.6 is 11.6 Å². The smallest absolute Gasteiger partial charge is 0.266 e. The van der Waals surface area contributed by atoms with Crippen molar-refractivity contribution in [1.29, 1.82) is 0 Å². The monoisotopic (exact) mass is 728 g/mol. The van der Waals surface area contributed by atoms with E-state index in [4.69, 9.17) is 21.3 Å². The fourth-order valence-electron chi connectivity index (χ4n) is 7.57. The van der Waals surface area contributed by atoms with E-state index in [0.29, 0.717) is 44.8 Å². The SMILES string of the molecule is C=C1N(C)C=C(C(=O)Nc2ccc(F)c(-c3cccc(-c4cc5c(c(OC)n4)C(N4CCC(CC)(NC(=O)C(C)C)C4)CC5)c3Cl)c2C)C(=O)N1C. The Morgan fingerprint density at radius 3 is 2.62 bits per heavy atom. The second-order valence-corrected chi connectivity index (χ2v) is 14.7. The predicted octanol–water partition coefficient (Wildman–Crippen LogP) is 6.84. The minimum Gasteiger partial charge on any atom is -0.481 e. The topological polar surface area (TPSA) is 107 Å². The summed E-state index contributed by atoms with van der Waals surface area (Å²) in [5, 5.41) is 6.42. The average molecular weight is 729 g/mol. The zero-order valence-corrected chi connectivity index (χ0v) is 31.6. The minimum atomic E-state index is -0.626. The van der Waals surface area contributed by atoms with E-state index in [-0.39, 0.29) is 34.5 Å². The molecule has 10 nitrogen and oxygen atoms in total. The Kier molecular flexibility index (Phi) is 10.2. The highest BCUT2D eigenvalue weighted by Gasteiger charge is 2.43. The fraction of sp³-hybridized carbons (Fsp3) is 0.400. The summed E-state index contributed by atoms with van der Waals surface area (Å²) in [6.07, 6.45) is 4.88. The van der Waals surface area contributed by atoms with Crippen LogP contribution in [0.1, 0.15) is 62.8 Å². The van der Waals surface area contributed by atoms with Crippen LogP contribution in [0.15, 0.2) is 60.6 Å². The lowest BCUT2D eigenvalue weighted by Gasteiger charge is -2.32. The van der Waals surface area contributed by atoms with Gasteiger partial charge < -0.3 is 20.3 Å². The van der Waals surface area contributed by atoms with Gasteiger partial charge in [0.2, 0.25) is 11.8 Å². The molecule has 1 saturated heterocycles. The van der Waals surface area contributed by atoms with Crippen molar-refractivity contribution in [2.24, 2.45) is 5.92 Å². The van der Waals surface area contributed by atoms with Gasteiger partial charge in [0.05, 0.1) is 23.4 Å². The Balaban J connectivity index is 1.30. The van der Waals surface area contributed by atoms with Crippen LogP contribution in [0.5, 0.6) is 5.88 Å². The van der Waals surface area contributed by atoms with Crippen molar-refractivity contribution in [3.63, 3.8) is 0 Å². The third-order valence-corrected chi connectivity index (χ3v) is 11.2. The molecular formula is C40H46ClFN6O4. The van der Waals surface area contributed by atoms with Gasteiger partial charge in [-0.1, -0.05) is 57.2 Å². The van der Waals surface area contributed by atoms with Crippen LogP contribution in [0.2, 0.25) is 5.02 Å². The molecule has 1 aliphatic carbocycles. The Hall–Kier alpha value is -4.74. The summed E-state index contributed by atoms with van der Waals surface area (Å²) >= 11 is 7.11. The van der Waals surface area contributed by atoms with E-state index >= 15 is 4.39 Å². The predicted molar refractivity (Wildman–Crippen MR) is 201 cm³/mol. The van der Waals surface area contributed by atoms with Gasteiger partial charge in [-0.05, 0) is 61.9 Å². The molecular weight excluding hydrogens is 683 g/mol. The van der Waals surface area contributed by atoms with Gasteiger partial charge in [0.15, 0.2) is 0 Å². The molecule has 52 heavy (non-hydrogen) atoms. The summed E-state index contributed by atoms with van der Waals surface area (Å²) in [6, 6.07) is 10.3. The quantitative estimate of drug-likeness (QED) is 0.233. The molecule has 2 aliphatic heterocycles. The van der Waals surface area contributed by atoms with E-state index < -0.39 is 17.6 Å². The molecule has 2 aromatic carbocycles. The number of anilines is 1. The molecule has 3 heterocycles. The van der Waals surface area contributed by atoms with Crippen molar-refractivity contribution >= 4 is 35.0 Å². The third-order valence-electron chi connectivity index (χ3n) is 10.8. The summed E-state index contributed by atoms with van der Waals surface area (Å²) < 4.78 is 21.6. The first-order valence-electron chi connectivity index (χ1n) is 17.6. The minimum absolute atomic E-state index is 0.0751. The van der Waals surface area contributed by atoms with Crippen LogP contribution in [-0.4, -0.2) is 77.2 Å². The molecule has 3 amide bonds. The zero-order valence-electron chi connectivity index (χ0n) is 30.8. The fourth-order valence-corrected chi connectivity index (χ4v) is 7.88. The van der Waals surface area contributed by atoms with Gasteiger partial charge in [0, 0.05) is 73.3 Å². The Labute approximate surface area is 309 Å². The number of carbonyl (C=O) groups is 3. The molecule has 3 aromatic rings. The average Bonchev–Trinajstić information content (AvgIpc) is 3.75. The molecule has 3 aliphatic rings. The van der Waals surface area contributed by atoms with Crippen LogP contribution in [0.3, 0.4) is 0 Å². The lowest BCUT2D eigenvalue weighted by atomic mass is 9.94. The lowest BCUT2D eigenvalue weighted by molar-refractivity contribution is -0.128. The summed E-state index contributed by atoms with van der Waals surface area (Å²) in [5.41, 5.74) is 4.50. The van der Waals surface area contributed by atoms with Crippen LogP contribution < -0.4 is 15.4 Å². The van der Waals surface area contributed by atoms with Crippen molar-refractivity contribution in [2.45, 2.75) is 65.0 Å². The number of aromatic nitrogens is 1. The number of benzene rings is 2.